The molecule has 1 atom stereocenters. The molecule has 0 aliphatic rings. The minimum absolute atomic E-state index is 0.453. The summed E-state index contributed by atoms with van der Waals surface area (Å²) >= 11 is 0. The molecular formula is C24H48O2. The number of carbonyl (C=O) groups is 1. The van der Waals surface area contributed by atoms with Gasteiger partial charge >= 0.3 is 5.97 Å². The number of unbranched alkanes of at least 4 members (excludes halogenated alkanes) is 11. The molecule has 0 rings (SSSR count). The molecule has 156 valence electrons. The molecule has 0 saturated carbocycles. The number of hydrogen-bond donors (Lipinski definition) is 1. The standard InChI is InChI=1S/C24H48O2/c1-5-7-20-24(6-2,23(25)26)21-18-16-14-12-10-8-9-11-13-15-17-19-22(3)4/h22H,5-21H2,1-4H3,(H,25,26). The minimum Gasteiger partial charge on any atom is -0.481 e. The Morgan fingerprint density at radius 2 is 1.15 bits per heavy atom. The van der Waals surface area contributed by atoms with Crippen molar-refractivity contribution in [2.24, 2.45) is 11.3 Å². The Bertz CT molecular complexity index is 324. The summed E-state index contributed by atoms with van der Waals surface area (Å²) in [7, 11) is 0. The highest BCUT2D eigenvalue weighted by Gasteiger charge is 2.35. The van der Waals surface area contributed by atoms with Crippen LogP contribution < -0.4 is 0 Å². The van der Waals surface area contributed by atoms with Gasteiger partial charge in [-0.25, -0.2) is 0 Å². The average Bonchev–Trinajstić information content (AvgIpc) is 2.61. The lowest BCUT2D eigenvalue weighted by Crippen LogP contribution is -2.30. The Morgan fingerprint density at radius 3 is 1.54 bits per heavy atom. The van der Waals surface area contributed by atoms with Crippen molar-refractivity contribution < 1.29 is 9.90 Å². The normalized spacial score (nSPS) is 13.9. The molecule has 0 amide bonds. The van der Waals surface area contributed by atoms with Gasteiger partial charge in [0.1, 0.15) is 0 Å². The third-order valence-corrected chi connectivity index (χ3v) is 6.08. The fourth-order valence-corrected chi connectivity index (χ4v) is 3.97. The van der Waals surface area contributed by atoms with Gasteiger partial charge in [-0.15, -0.1) is 0 Å². The first-order valence-electron chi connectivity index (χ1n) is 11.7. The summed E-state index contributed by atoms with van der Waals surface area (Å²) in [6, 6.07) is 0. The second kappa shape index (κ2) is 16.6. The monoisotopic (exact) mass is 368 g/mol. The number of carboxylic acids is 1. The lowest BCUT2D eigenvalue weighted by atomic mass is 9.76. The van der Waals surface area contributed by atoms with E-state index < -0.39 is 11.4 Å². The molecule has 0 heterocycles. The van der Waals surface area contributed by atoms with Crippen molar-refractivity contribution in [3.63, 3.8) is 0 Å². The first-order chi connectivity index (χ1) is 12.5. The van der Waals surface area contributed by atoms with Gasteiger partial charge in [0.2, 0.25) is 0 Å². The molecule has 0 radical (unpaired) electrons. The zero-order valence-corrected chi connectivity index (χ0v) is 18.5. The van der Waals surface area contributed by atoms with E-state index in [0.29, 0.717) is 0 Å². The SMILES string of the molecule is CCCCC(CC)(CCCCCCCCCCCCCC(C)C)C(=O)O. The van der Waals surface area contributed by atoms with Gasteiger partial charge in [-0.05, 0) is 25.2 Å². The van der Waals surface area contributed by atoms with E-state index in [1.165, 1.54) is 70.6 Å². The third kappa shape index (κ3) is 12.8. The summed E-state index contributed by atoms with van der Waals surface area (Å²) in [4.78, 5) is 11.7. The van der Waals surface area contributed by atoms with Crippen LogP contribution in [0.4, 0.5) is 0 Å². The Morgan fingerprint density at radius 1 is 0.731 bits per heavy atom. The van der Waals surface area contributed by atoms with Gasteiger partial charge in [-0.3, -0.25) is 4.79 Å². The molecule has 1 N–H and O–H groups in total. The van der Waals surface area contributed by atoms with E-state index in [1.54, 1.807) is 0 Å². The van der Waals surface area contributed by atoms with Crippen molar-refractivity contribution in [2.75, 3.05) is 0 Å². The van der Waals surface area contributed by atoms with Crippen LogP contribution in [0.5, 0.6) is 0 Å². The van der Waals surface area contributed by atoms with E-state index in [9.17, 15) is 9.90 Å². The van der Waals surface area contributed by atoms with Crippen molar-refractivity contribution in [3.05, 3.63) is 0 Å². The van der Waals surface area contributed by atoms with Crippen LogP contribution in [0.1, 0.15) is 137 Å². The van der Waals surface area contributed by atoms with Crippen molar-refractivity contribution in [2.45, 2.75) is 137 Å². The summed E-state index contributed by atoms with van der Waals surface area (Å²) in [5.74, 6) is 0.293. The predicted octanol–water partition coefficient (Wildman–Crippen LogP) is 8.38. The Balaban J connectivity index is 3.57. The lowest BCUT2D eigenvalue weighted by molar-refractivity contribution is -0.150. The molecule has 0 fully saturated rings. The molecule has 0 bridgehead atoms. The molecule has 0 aromatic heterocycles. The highest BCUT2D eigenvalue weighted by molar-refractivity contribution is 5.74. The second-order valence-electron chi connectivity index (χ2n) is 8.86. The fraction of sp³-hybridized carbons (Fsp3) is 0.958. The maximum Gasteiger partial charge on any atom is 0.309 e. The molecule has 0 spiro atoms. The van der Waals surface area contributed by atoms with Gasteiger partial charge in [0.05, 0.1) is 5.41 Å². The van der Waals surface area contributed by atoms with E-state index in [4.69, 9.17) is 0 Å². The van der Waals surface area contributed by atoms with Crippen molar-refractivity contribution >= 4 is 5.97 Å². The molecule has 0 aliphatic heterocycles. The lowest BCUT2D eigenvalue weighted by Gasteiger charge is -2.28. The molecule has 2 heteroatoms. The largest absolute Gasteiger partial charge is 0.481 e. The first-order valence-corrected chi connectivity index (χ1v) is 11.7. The van der Waals surface area contributed by atoms with Gasteiger partial charge in [0.15, 0.2) is 0 Å². The average molecular weight is 369 g/mol. The topological polar surface area (TPSA) is 37.3 Å². The van der Waals surface area contributed by atoms with Crippen molar-refractivity contribution in [1.82, 2.24) is 0 Å². The van der Waals surface area contributed by atoms with Crippen LogP contribution in [-0.2, 0) is 4.79 Å². The third-order valence-electron chi connectivity index (χ3n) is 6.08. The summed E-state index contributed by atoms with van der Waals surface area (Å²) in [6.45, 7) is 8.82. The number of aliphatic carboxylic acids is 1. The van der Waals surface area contributed by atoms with Crippen molar-refractivity contribution in [1.29, 1.82) is 0 Å². The Kier molecular flexibility index (Phi) is 16.3. The van der Waals surface area contributed by atoms with Crippen LogP contribution in [0.25, 0.3) is 0 Å². The van der Waals surface area contributed by atoms with E-state index in [1.807, 2.05) is 6.92 Å². The molecular weight excluding hydrogens is 320 g/mol. The van der Waals surface area contributed by atoms with Gasteiger partial charge in [0.25, 0.3) is 0 Å². The summed E-state index contributed by atoms with van der Waals surface area (Å²) in [6.07, 6.45) is 20.7. The van der Waals surface area contributed by atoms with E-state index in [2.05, 4.69) is 20.8 Å². The van der Waals surface area contributed by atoms with Crippen LogP contribution in [-0.4, -0.2) is 11.1 Å². The maximum absolute atomic E-state index is 11.7. The first kappa shape index (κ1) is 25.5. The molecule has 0 aromatic rings. The fourth-order valence-electron chi connectivity index (χ4n) is 3.97. The molecule has 26 heavy (non-hydrogen) atoms. The van der Waals surface area contributed by atoms with Crippen LogP contribution in [0.15, 0.2) is 0 Å². The molecule has 2 nitrogen and oxygen atoms in total. The number of rotatable bonds is 19. The molecule has 0 saturated heterocycles. The van der Waals surface area contributed by atoms with Crippen LogP contribution in [0.2, 0.25) is 0 Å². The summed E-state index contributed by atoms with van der Waals surface area (Å²) in [5, 5.41) is 9.65. The number of carboxylic acid groups (broad SMARTS) is 1. The van der Waals surface area contributed by atoms with Crippen LogP contribution in [0.3, 0.4) is 0 Å². The van der Waals surface area contributed by atoms with Gasteiger partial charge < -0.3 is 5.11 Å². The summed E-state index contributed by atoms with van der Waals surface area (Å²) < 4.78 is 0. The minimum atomic E-state index is -0.568. The Hall–Kier alpha value is -0.530. The van der Waals surface area contributed by atoms with Gasteiger partial charge in [0, 0.05) is 0 Å². The quantitative estimate of drug-likeness (QED) is 0.232. The highest BCUT2D eigenvalue weighted by Crippen LogP contribution is 2.35. The smallest absolute Gasteiger partial charge is 0.309 e. The van der Waals surface area contributed by atoms with Gasteiger partial charge in [-0.1, -0.05) is 118 Å². The van der Waals surface area contributed by atoms with E-state index >= 15 is 0 Å². The Labute approximate surface area is 164 Å². The predicted molar refractivity (Wildman–Crippen MR) is 115 cm³/mol. The van der Waals surface area contributed by atoms with Crippen molar-refractivity contribution in [3.8, 4) is 0 Å². The van der Waals surface area contributed by atoms with E-state index in [0.717, 1.165) is 44.4 Å². The van der Waals surface area contributed by atoms with Crippen LogP contribution >= 0.6 is 0 Å². The maximum atomic E-state index is 11.7. The number of hydrogen-bond acceptors (Lipinski definition) is 1. The highest BCUT2D eigenvalue weighted by atomic mass is 16.4. The van der Waals surface area contributed by atoms with Gasteiger partial charge in [-0.2, -0.15) is 0 Å². The summed E-state index contributed by atoms with van der Waals surface area (Å²) in [5.41, 5.74) is -0.453. The van der Waals surface area contributed by atoms with Crippen LogP contribution in [0, 0.1) is 11.3 Å². The zero-order chi connectivity index (χ0) is 19.7. The second-order valence-corrected chi connectivity index (χ2v) is 8.86. The molecule has 0 aromatic carbocycles. The van der Waals surface area contributed by atoms with E-state index in [-0.39, 0.29) is 0 Å². The zero-order valence-electron chi connectivity index (χ0n) is 18.5. The molecule has 0 aliphatic carbocycles. The molecule has 1 unspecified atom stereocenters.